The Morgan fingerprint density at radius 1 is 0.939 bits per heavy atom. The van der Waals surface area contributed by atoms with Crippen molar-refractivity contribution < 1.29 is 14.3 Å². The Balaban J connectivity index is 1.41. The Hall–Kier alpha value is -4.32. The fourth-order valence-corrected chi connectivity index (χ4v) is 4.01. The molecule has 1 aliphatic rings. The fourth-order valence-electron chi connectivity index (χ4n) is 4.01. The first-order valence-electron chi connectivity index (χ1n) is 10.8. The van der Waals surface area contributed by atoms with Gasteiger partial charge in [-0.25, -0.2) is 5.01 Å². The molecule has 0 radical (unpaired) electrons. The van der Waals surface area contributed by atoms with Gasteiger partial charge in [-0.15, -0.1) is 0 Å². The summed E-state index contributed by atoms with van der Waals surface area (Å²) in [6, 6.07) is 25.0. The molecule has 0 saturated carbocycles. The second kappa shape index (κ2) is 8.67. The molecule has 1 N–H and O–H groups in total. The molecule has 3 aromatic carbocycles. The maximum absolute atomic E-state index is 13.0. The van der Waals surface area contributed by atoms with E-state index in [1.54, 1.807) is 18.2 Å². The summed E-state index contributed by atoms with van der Waals surface area (Å²) >= 11 is 0. The van der Waals surface area contributed by atoms with Crippen LogP contribution in [-0.2, 0) is 16.1 Å². The van der Waals surface area contributed by atoms with E-state index in [0.29, 0.717) is 18.8 Å². The van der Waals surface area contributed by atoms with Crippen molar-refractivity contribution in [2.24, 2.45) is 0 Å². The largest absolute Gasteiger partial charge is 0.492 e. The molecule has 1 aliphatic heterocycles. The van der Waals surface area contributed by atoms with Crippen molar-refractivity contribution in [3.8, 4) is 5.75 Å². The zero-order valence-electron chi connectivity index (χ0n) is 18.2. The van der Waals surface area contributed by atoms with Gasteiger partial charge < -0.3 is 9.30 Å². The molecule has 0 bridgehead atoms. The van der Waals surface area contributed by atoms with Crippen molar-refractivity contribution in [2.45, 2.75) is 13.5 Å². The molecule has 1 fully saturated rings. The number of ether oxygens (including phenoxy) is 1. The lowest BCUT2D eigenvalue weighted by Gasteiger charge is -2.13. The molecule has 6 heteroatoms. The molecule has 0 unspecified atom stereocenters. The summed E-state index contributed by atoms with van der Waals surface area (Å²) in [5.74, 6) is 0.0531. The Morgan fingerprint density at radius 3 is 2.55 bits per heavy atom. The van der Waals surface area contributed by atoms with Gasteiger partial charge in [0.2, 0.25) is 0 Å². The van der Waals surface area contributed by atoms with Gasteiger partial charge in [-0.2, -0.15) is 0 Å². The highest BCUT2D eigenvalue weighted by Gasteiger charge is 2.34. The first-order valence-corrected chi connectivity index (χ1v) is 10.8. The van der Waals surface area contributed by atoms with Crippen LogP contribution in [0.3, 0.4) is 0 Å². The van der Waals surface area contributed by atoms with Crippen molar-refractivity contribution in [3.05, 3.63) is 102 Å². The number of para-hydroxylation sites is 2. The number of anilines is 1. The van der Waals surface area contributed by atoms with Gasteiger partial charge in [0, 0.05) is 22.7 Å². The second-order valence-corrected chi connectivity index (χ2v) is 7.94. The Kier molecular flexibility index (Phi) is 5.40. The first kappa shape index (κ1) is 20.6. The molecule has 0 atom stereocenters. The number of aromatic nitrogens is 1. The number of amides is 2. The third kappa shape index (κ3) is 4.11. The molecule has 4 aromatic rings. The summed E-state index contributed by atoms with van der Waals surface area (Å²) in [4.78, 5) is 25.6. The number of carbonyl (C=O) groups excluding carboxylic acids is 2. The smallest absolute Gasteiger partial charge is 0.282 e. The molecule has 2 amide bonds. The highest BCUT2D eigenvalue weighted by Crippen LogP contribution is 2.26. The topological polar surface area (TPSA) is 63.6 Å². The normalized spacial score (nSPS) is 14.8. The van der Waals surface area contributed by atoms with E-state index in [0.717, 1.165) is 27.8 Å². The average Bonchev–Trinajstić information content (AvgIpc) is 3.32. The van der Waals surface area contributed by atoms with Crippen LogP contribution in [0.4, 0.5) is 5.69 Å². The number of fused-ring (bicyclic) bond motifs is 1. The SMILES string of the molecule is Cc1cccc(OCCn2cc(/C=C3\C(=O)NN(c4ccccc4)C3=O)c3ccccc32)c1. The van der Waals surface area contributed by atoms with E-state index in [1.807, 2.05) is 79.9 Å². The van der Waals surface area contributed by atoms with Crippen LogP contribution in [0.1, 0.15) is 11.1 Å². The predicted octanol–water partition coefficient (Wildman–Crippen LogP) is 4.49. The van der Waals surface area contributed by atoms with Gasteiger partial charge in [0.15, 0.2) is 0 Å². The number of aryl methyl sites for hydroxylation is 1. The Labute approximate surface area is 191 Å². The molecule has 5 rings (SSSR count). The van der Waals surface area contributed by atoms with Gasteiger partial charge >= 0.3 is 0 Å². The summed E-state index contributed by atoms with van der Waals surface area (Å²) < 4.78 is 8.01. The van der Waals surface area contributed by atoms with Gasteiger partial charge in [0.1, 0.15) is 17.9 Å². The standard InChI is InChI=1S/C27H23N3O3/c1-19-8-7-11-22(16-19)33-15-14-29-18-20(23-12-5-6-13-25(23)29)17-24-26(31)28-30(27(24)32)21-9-3-2-4-10-21/h2-13,16-18H,14-15H2,1H3,(H,28,31)/b24-17+. The molecular formula is C27H23N3O3. The molecule has 6 nitrogen and oxygen atoms in total. The molecule has 0 spiro atoms. The summed E-state index contributed by atoms with van der Waals surface area (Å²) in [5, 5.41) is 2.25. The summed E-state index contributed by atoms with van der Waals surface area (Å²) in [7, 11) is 0. The van der Waals surface area contributed by atoms with Gasteiger partial charge in [0.25, 0.3) is 11.8 Å². The van der Waals surface area contributed by atoms with Crippen molar-refractivity contribution in [1.29, 1.82) is 0 Å². The lowest BCUT2D eigenvalue weighted by Crippen LogP contribution is -2.35. The molecule has 1 aromatic heterocycles. The van der Waals surface area contributed by atoms with Crippen LogP contribution in [0.25, 0.3) is 17.0 Å². The van der Waals surface area contributed by atoms with Crippen molar-refractivity contribution in [1.82, 2.24) is 9.99 Å². The van der Waals surface area contributed by atoms with Crippen LogP contribution in [0.2, 0.25) is 0 Å². The van der Waals surface area contributed by atoms with E-state index in [9.17, 15) is 9.59 Å². The number of nitrogens with zero attached hydrogens (tertiary/aromatic N) is 2. The van der Waals surface area contributed by atoms with Crippen LogP contribution in [0.5, 0.6) is 5.75 Å². The van der Waals surface area contributed by atoms with Crippen LogP contribution >= 0.6 is 0 Å². The molecule has 0 aliphatic carbocycles. The molecule has 164 valence electrons. The van der Waals surface area contributed by atoms with E-state index in [1.165, 1.54) is 5.01 Å². The van der Waals surface area contributed by atoms with E-state index in [-0.39, 0.29) is 11.5 Å². The van der Waals surface area contributed by atoms with E-state index >= 15 is 0 Å². The number of rotatable bonds is 6. The fraction of sp³-hybridized carbons (Fsp3) is 0.111. The van der Waals surface area contributed by atoms with Crippen molar-refractivity contribution in [3.63, 3.8) is 0 Å². The van der Waals surface area contributed by atoms with Gasteiger partial charge in [-0.1, -0.05) is 48.5 Å². The number of hydrazine groups is 1. The predicted molar refractivity (Wildman–Crippen MR) is 129 cm³/mol. The molecule has 2 heterocycles. The number of carbonyl (C=O) groups is 2. The number of nitrogens with one attached hydrogen (secondary N) is 1. The summed E-state index contributed by atoms with van der Waals surface area (Å²) in [6.07, 6.45) is 3.63. The lowest BCUT2D eigenvalue weighted by atomic mass is 10.1. The minimum absolute atomic E-state index is 0.109. The Morgan fingerprint density at radius 2 is 1.73 bits per heavy atom. The monoisotopic (exact) mass is 437 g/mol. The molecule has 33 heavy (non-hydrogen) atoms. The quantitative estimate of drug-likeness (QED) is 0.357. The third-order valence-corrected chi connectivity index (χ3v) is 5.62. The summed E-state index contributed by atoms with van der Waals surface area (Å²) in [5.41, 5.74) is 6.36. The zero-order valence-corrected chi connectivity index (χ0v) is 18.2. The maximum atomic E-state index is 13.0. The maximum Gasteiger partial charge on any atom is 0.282 e. The minimum Gasteiger partial charge on any atom is -0.492 e. The minimum atomic E-state index is -0.413. The van der Waals surface area contributed by atoms with E-state index < -0.39 is 5.91 Å². The van der Waals surface area contributed by atoms with Crippen LogP contribution in [0, 0.1) is 6.92 Å². The second-order valence-electron chi connectivity index (χ2n) is 7.94. The number of hydrogen-bond acceptors (Lipinski definition) is 3. The number of benzene rings is 3. The van der Waals surface area contributed by atoms with Crippen LogP contribution in [-0.4, -0.2) is 23.0 Å². The molecular weight excluding hydrogens is 414 g/mol. The third-order valence-electron chi connectivity index (χ3n) is 5.62. The van der Waals surface area contributed by atoms with Crippen LogP contribution < -0.4 is 15.2 Å². The van der Waals surface area contributed by atoms with Gasteiger partial charge in [-0.05, 0) is 48.9 Å². The number of hydrogen-bond donors (Lipinski definition) is 1. The van der Waals surface area contributed by atoms with E-state index in [4.69, 9.17) is 4.74 Å². The Bertz CT molecular complexity index is 1370. The van der Waals surface area contributed by atoms with E-state index in [2.05, 4.69) is 9.99 Å². The van der Waals surface area contributed by atoms with Crippen LogP contribution in [0.15, 0.2) is 90.6 Å². The van der Waals surface area contributed by atoms with Gasteiger partial charge in [0.05, 0.1) is 12.2 Å². The highest BCUT2D eigenvalue weighted by molar-refractivity contribution is 6.32. The average molecular weight is 437 g/mol. The highest BCUT2D eigenvalue weighted by atomic mass is 16.5. The van der Waals surface area contributed by atoms with Gasteiger partial charge in [-0.3, -0.25) is 15.0 Å². The summed E-state index contributed by atoms with van der Waals surface area (Å²) in [6.45, 7) is 3.17. The first-order chi connectivity index (χ1) is 16.1. The van der Waals surface area contributed by atoms with Crippen molar-refractivity contribution in [2.75, 3.05) is 11.6 Å². The lowest BCUT2D eigenvalue weighted by molar-refractivity contribution is -0.117. The zero-order chi connectivity index (χ0) is 22.8. The van der Waals surface area contributed by atoms with Crippen molar-refractivity contribution >= 4 is 34.5 Å². The molecule has 1 saturated heterocycles.